The minimum Gasteiger partial charge on any atom is -0.375 e. The summed E-state index contributed by atoms with van der Waals surface area (Å²) in [7, 11) is -1.87. The Morgan fingerprint density at radius 1 is 1.37 bits per heavy atom. The highest BCUT2D eigenvalue weighted by molar-refractivity contribution is 7.91. The molecule has 2 aromatic heterocycles. The molecule has 0 aliphatic heterocycles. The summed E-state index contributed by atoms with van der Waals surface area (Å²) in [4.78, 5) is 0.974. The van der Waals surface area contributed by atoms with Crippen molar-refractivity contribution >= 4 is 32.7 Å². The van der Waals surface area contributed by atoms with E-state index in [9.17, 15) is 8.42 Å². The van der Waals surface area contributed by atoms with Gasteiger partial charge in [0, 0.05) is 18.5 Å². The van der Waals surface area contributed by atoms with Crippen molar-refractivity contribution in [2.24, 2.45) is 0 Å². The number of methoxy groups -OCH3 is 1. The van der Waals surface area contributed by atoms with E-state index < -0.39 is 10.0 Å². The molecule has 19 heavy (non-hydrogen) atoms. The standard InChI is InChI=1S/C12H15NO3S3/c1-9-3-4-12(18-9)19(14,15)13-7-11(16-2)10-5-6-17-8-10/h3-6,8,11,13H,7H2,1-2H3. The predicted octanol–water partition coefficient (Wildman–Crippen LogP) is 2.78. The van der Waals surface area contributed by atoms with Crippen LogP contribution in [-0.4, -0.2) is 22.1 Å². The molecule has 1 atom stereocenters. The summed E-state index contributed by atoms with van der Waals surface area (Å²) in [6, 6.07) is 5.35. The zero-order chi connectivity index (χ0) is 13.9. The van der Waals surface area contributed by atoms with E-state index in [4.69, 9.17) is 4.74 Å². The second kappa shape index (κ2) is 6.15. The fraction of sp³-hybridized carbons (Fsp3) is 0.333. The van der Waals surface area contributed by atoms with E-state index in [1.807, 2.05) is 23.8 Å². The van der Waals surface area contributed by atoms with E-state index in [0.717, 1.165) is 10.4 Å². The molecular weight excluding hydrogens is 302 g/mol. The molecule has 1 N–H and O–H groups in total. The van der Waals surface area contributed by atoms with Gasteiger partial charge in [-0.1, -0.05) is 0 Å². The Labute approximate surface area is 121 Å². The molecule has 0 aliphatic rings. The molecule has 0 saturated heterocycles. The molecule has 0 radical (unpaired) electrons. The maximum absolute atomic E-state index is 12.1. The Bertz CT molecular complexity index is 616. The van der Waals surface area contributed by atoms with Crippen molar-refractivity contribution in [1.29, 1.82) is 0 Å². The fourth-order valence-corrected chi connectivity index (χ4v) is 4.67. The molecule has 7 heteroatoms. The zero-order valence-electron chi connectivity index (χ0n) is 10.6. The number of hydrogen-bond acceptors (Lipinski definition) is 5. The van der Waals surface area contributed by atoms with Crippen LogP contribution in [0.4, 0.5) is 0 Å². The van der Waals surface area contributed by atoms with Crippen LogP contribution in [0.25, 0.3) is 0 Å². The first-order valence-electron chi connectivity index (χ1n) is 5.64. The maximum atomic E-state index is 12.1. The average molecular weight is 317 g/mol. The van der Waals surface area contributed by atoms with Gasteiger partial charge >= 0.3 is 0 Å². The lowest BCUT2D eigenvalue weighted by molar-refractivity contribution is 0.107. The van der Waals surface area contributed by atoms with Gasteiger partial charge in [0.2, 0.25) is 10.0 Å². The summed E-state index contributed by atoms with van der Waals surface area (Å²) in [5.74, 6) is 0. The lowest BCUT2D eigenvalue weighted by Crippen LogP contribution is -2.28. The molecule has 0 bridgehead atoms. The van der Waals surface area contributed by atoms with Crippen LogP contribution >= 0.6 is 22.7 Å². The summed E-state index contributed by atoms with van der Waals surface area (Å²) >= 11 is 2.82. The Kier molecular flexibility index (Phi) is 4.75. The van der Waals surface area contributed by atoms with Gasteiger partial charge in [-0.2, -0.15) is 11.3 Å². The van der Waals surface area contributed by atoms with Crippen molar-refractivity contribution < 1.29 is 13.2 Å². The number of sulfonamides is 1. The first-order valence-corrected chi connectivity index (χ1v) is 8.88. The first kappa shape index (κ1) is 14.7. The van der Waals surface area contributed by atoms with Crippen LogP contribution < -0.4 is 4.72 Å². The monoisotopic (exact) mass is 317 g/mol. The van der Waals surface area contributed by atoms with Crippen LogP contribution in [0.15, 0.2) is 33.2 Å². The van der Waals surface area contributed by atoms with Crippen LogP contribution in [0.3, 0.4) is 0 Å². The third-order valence-corrected chi connectivity index (χ3v) is 6.26. The molecule has 2 heterocycles. The van der Waals surface area contributed by atoms with Crippen molar-refractivity contribution in [3.05, 3.63) is 39.4 Å². The highest BCUT2D eigenvalue weighted by Crippen LogP contribution is 2.22. The van der Waals surface area contributed by atoms with Crippen molar-refractivity contribution in [2.45, 2.75) is 17.2 Å². The molecule has 0 aliphatic carbocycles. The maximum Gasteiger partial charge on any atom is 0.250 e. The third kappa shape index (κ3) is 3.64. The van der Waals surface area contributed by atoms with Gasteiger partial charge in [0.1, 0.15) is 4.21 Å². The molecule has 0 amide bonds. The Balaban J connectivity index is 2.05. The summed E-state index contributed by atoms with van der Waals surface area (Å²) in [6.45, 7) is 2.11. The minimum atomic E-state index is -3.44. The van der Waals surface area contributed by atoms with E-state index in [1.165, 1.54) is 11.3 Å². The molecule has 2 aromatic rings. The number of thiophene rings is 2. The van der Waals surface area contributed by atoms with Gasteiger partial charge < -0.3 is 4.74 Å². The van der Waals surface area contributed by atoms with Crippen LogP contribution in [0.5, 0.6) is 0 Å². The van der Waals surface area contributed by atoms with Gasteiger partial charge in [0.25, 0.3) is 0 Å². The van der Waals surface area contributed by atoms with Crippen molar-refractivity contribution in [3.8, 4) is 0 Å². The molecule has 0 fully saturated rings. The molecule has 1 unspecified atom stereocenters. The zero-order valence-corrected chi connectivity index (χ0v) is 13.1. The third-order valence-electron chi connectivity index (χ3n) is 2.64. The lowest BCUT2D eigenvalue weighted by Gasteiger charge is -2.14. The van der Waals surface area contributed by atoms with Gasteiger partial charge in [-0.3, -0.25) is 0 Å². The SMILES string of the molecule is COC(CNS(=O)(=O)c1ccc(C)s1)c1ccsc1. The second-order valence-corrected chi connectivity index (χ2v) is 8.06. The number of ether oxygens (including phenoxy) is 1. The fourth-order valence-electron chi connectivity index (χ4n) is 1.61. The molecule has 4 nitrogen and oxygen atoms in total. The molecule has 2 rings (SSSR count). The van der Waals surface area contributed by atoms with Gasteiger partial charge in [-0.05, 0) is 41.4 Å². The van der Waals surface area contributed by atoms with E-state index in [0.29, 0.717) is 4.21 Å². The van der Waals surface area contributed by atoms with E-state index >= 15 is 0 Å². The van der Waals surface area contributed by atoms with Crippen molar-refractivity contribution in [2.75, 3.05) is 13.7 Å². The summed E-state index contributed by atoms with van der Waals surface area (Å²) < 4.78 is 32.4. The summed E-state index contributed by atoms with van der Waals surface area (Å²) in [5, 5.41) is 3.90. The van der Waals surface area contributed by atoms with Gasteiger partial charge in [0.15, 0.2) is 0 Å². The van der Waals surface area contributed by atoms with Crippen LogP contribution in [0, 0.1) is 6.92 Å². The number of hydrogen-bond donors (Lipinski definition) is 1. The van der Waals surface area contributed by atoms with Crippen LogP contribution in [0.1, 0.15) is 16.5 Å². The van der Waals surface area contributed by atoms with Crippen LogP contribution in [0.2, 0.25) is 0 Å². The number of rotatable bonds is 6. The summed E-state index contributed by atoms with van der Waals surface area (Å²) in [6.07, 6.45) is -0.262. The average Bonchev–Trinajstić information content (AvgIpc) is 3.01. The van der Waals surface area contributed by atoms with E-state index in [1.54, 1.807) is 30.6 Å². The number of aryl methyl sites for hydroxylation is 1. The molecule has 0 spiro atoms. The normalized spacial score (nSPS) is 13.6. The quantitative estimate of drug-likeness (QED) is 0.891. The minimum absolute atomic E-state index is 0.229. The Hall–Kier alpha value is -0.730. The number of nitrogens with one attached hydrogen (secondary N) is 1. The van der Waals surface area contributed by atoms with E-state index in [-0.39, 0.29) is 12.6 Å². The highest BCUT2D eigenvalue weighted by Gasteiger charge is 2.19. The van der Waals surface area contributed by atoms with Gasteiger partial charge in [-0.15, -0.1) is 11.3 Å². The summed E-state index contributed by atoms with van der Waals surface area (Å²) in [5.41, 5.74) is 0.984. The molecule has 104 valence electrons. The largest absolute Gasteiger partial charge is 0.375 e. The molecule has 0 saturated carbocycles. The Morgan fingerprint density at radius 3 is 2.68 bits per heavy atom. The van der Waals surface area contributed by atoms with Gasteiger partial charge in [0.05, 0.1) is 6.10 Å². The molecule has 0 aromatic carbocycles. The van der Waals surface area contributed by atoms with Crippen LogP contribution in [-0.2, 0) is 14.8 Å². The van der Waals surface area contributed by atoms with Crippen molar-refractivity contribution in [1.82, 2.24) is 4.72 Å². The molecular formula is C12H15NO3S3. The Morgan fingerprint density at radius 2 is 2.16 bits per heavy atom. The second-order valence-electron chi connectivity index (χ2n) is 4.00. The van der Waals surface area contributed by atoms with E-state index in [2.05, 4.69) is 4.72 Å². The van der Waals surface area contributed by atoms with Crippen molar-refractivity contribution in [3.63, 3.8) is 0 Å². The smallest absolute Gasteiger partial charge is 0.250 e. The predicted molar refractivity (Wildman–Crippen MR) is 78.3 cm³/mol. The first-order chi connectivity index (χ1) is 9.03. The topological polar surface area (TPSA) is 55.4 Å². The highest BCUT2D eigenvalue weighted by atomic mass is 32.2. The van der Waals surface area contributed by atoms with Gasteiger partial charge in [-0.25, -0.2) is 13.1 Å². The lowest BCUT2D eigenvalue weighted by atomic mass is 10.2.